The van der Waals surface area contributed by atoms with E-state index in [0.717, 1.165) is 12.1 Å². The van der Waals surface area contributed by atoms with Gasteiger partial charge in [0.15, 0.2) is 0 Å². The monoisotopic (exact) mass is 250 g/mol. The Morgan fingerprint density at radius 3 is 2.37 bits per heavy atom. The summed E-state index contributed by atoms with van der Waals surface area (Å²) in [6.07, 6.45) is 0. The van der Waals surface area contributed by atoms with Gasteiger partial charge in [0.2, 0.25) is 0 Å². The maximum Gasteiger partial charge on any atom is 0.0991 e. The summed E-state index contributed by atoms with van der Waals surface area (Å²) in [6, 6.07) is 16.5. The van der Waals surface area contributed by atoms with Crippen molar-refractivity contribution in [2.75, 3.05) is 11.9 Å². The summed E-state index contributed by atoms with van der Waals surface area (Å²) < 4.78 is 0. The lowest BCUT2D eigenvalue weighted by Gasteiger charge is -2.20. The van der Waals surface area contributed by atoms with Crippen LogP contribution in [0.2, 0.25) is 0 Å². The van der Waals surface area contributed by atoms with Crippen molar-refractivity contribution in [3.05, 3.63) is 64.7 Å². The van der Waals surface area contributed by atoms with E-state index < -0.39 is 0 Å². The lowest BCUT2D eigenvalue weighted by Crippen LogP contribution is -2.16. The Bertz CT molecular complexity index is 603. The van der Waals surface area contributed by atoms with Gasteiger partial charge in [-0.3, -0.25) is 0 Å². The molecule has 0 aliphatic rings. The van der Waals surface area contributed by atoms with Crippen LogP contribution in [0.3, 0.4) is 0 Å². The fourth-order valence-electron chi connectivity index (χ4n) is 2.28. The summed E-state index contributed by atoms with van der Waals surface area (Å²) in [4.78, 5) is 2.20. The highest BCUT2D eigenvalue weighted by molar-refractivity contribution is 5.51. The molecule has 0 N–H and O–H groups in total. The summed E-state index contributed by atoms with van der Waals surface area (Å²) in [5.74, 6) is 0. The molecule has 2 rings (SSSR count). The van der Waals surface area contributed by atoms with Crippen LogP contribution in [0.1, 0.15) is 22.3 Å². The largest absolute Gasteiger partial charge is 0.370 e. The van der Waals surface area contributed by atoms with Crippen molar-refractivity contribution in [3.63, 3.8) is 0 Å². The van der Waals surface area contributed by atoms with E-state index in [1.54, 1.807) is 0 Å². The second-order valence-electron chi connectivity index (χ2n) is 5.01. The van der Waals surface area contributed by atoms with Crippen LogP contribution in [0.25, 0.3) is 0 Å². The van der Waals surface area contributed by atoms with Crippen LogP contribution in [0.5, 0.6) is 0 Å². The molecule has 0 amide bonds. The molecule has 0 aromatic heterocycles. The van der Waals surface area contributed by atoms with E-state index in [1.807, 2.05) is 18.2 Å². The highest BCUT2D eigenvalue weighted by Gasteiger charge is 2.04. The first-order valence-corrected chi connectivity index (χ1v) is 6.37. The minimum absolute atomic E-state index is 0.714. The zero-order valence-electron chi connectivity index (χ0n) is 11.6. The molecule has 2 nitrogen and oxygen atoms in total. The van der Waals surface area contributed by atoms with E-state index in [4.69, 9.17) is 5.26 Å². The van der Waals surface area contributed by atoms with E-state index >= 15 is 0 Å². The molecule has 0 aliphatic heterocycles. The van der Waals surface area contributed by atoms with Crippen LogP contribution < -0.4 is 4.90 Å². The fraction of sp³-hybridized carbons (Fsp3) is 0.235. The van der Waals surface area contributed by atoms with E-state index in [-0.39, 0.29) is 0 Å². The zero-order valence-corrected chi connectivity index (χ0v) is 11.6. The summed E-state index contributed by atoms with van der Waals surface area (Å²) >= 11 is 0. The van der Waals surface area contributed by atoms with Crippen LogP contribution in [0.4, 0.5) is 5.69 Å². The normalized spacial score (nSPS) is 10.0. The fourth-order valence-corrected chi connectivity index (χ4v) is 2.28. The average Bonchev–Trinajstić information content (AvgIpc) is 2.37. The molecule has 2 heteroatoms. The van der Waals surface area contributed by atoms with Crippen LogP contribution in [-0.4, -0.2) is 7.05 Å². The number of nitrogens with zero attached hydrogens (tertiary/aromatic N) is 2. The molecular formula is C17H18N2. The van der Waals surface area contributed by atoms with Crippen molar-refractivity contribution >= 4 is 5.69 Å². The van der Waals surface area contributed by atoms with E-state index in [1.165, 1.54) is 16.8 Å². The zero-order chi connectivity index (χ0) is 13.8. The summed E-state index contributed by atoms with van der Waals surface area (Å²) in [5.41, 5.74) is 5.62. The van der Waals surface area contributed by atoms with Gasteiger partial charge >= 0.3 is 0 Å². The molecule has 96 valence electrons. The van der Waals surface area contributed by atoms with Gasteiger partial charge in [-0.05, 0) is 54.8 Å². The number of aryl methyl sites for hydroxylation is 2. The molecular weight excluding hydrogens is 232 g/mol. The first-order chi connectivity index (χ1) is 9.08. The number of hydrogen-bond acceptors (Lipinski definition) is 2. The molecule has 0 heterocycles. The molecule has 0 radical (unpaired) electrons. The third kappa shape index (κ3) is 3.35. The third-order valence-electron chi connectivity index (χ3n) is 3.12. The van der Waals surface area contributed by atoms with Crippen molar-refractivity contribution in [2.24, 2.45) is 0 Å². The summed E-state index contributed by atoms with van der Waals surface area (Å²) in [7, 11) is 2.08. The minimum atomic E-state index is 0.714. The molecule has 0 fully saturated rings. The molecule has 0 aliphatic carbocycles. The van der Waals surface area contributed by atoms with Crippen molar-refractivity contribution in [3.8, 4) is 6.07 Å². The maximum atomic E-state index is 8.92. The average molecular weight is 250 g/mol. The van der Waals surface area contributed by atoms with E-state index in [9.17, 15) is 0 Å². The summed E-state index contributed by atoms with van der Waals surface area (Å²) in [6.45, 7) is 5.03. The van der Waals surface area contributed by atoms with Crippen molar-refractivity contribution in [1.82, 2.24) is 0 Å². The van der Waals surface area contributed by atoms with E-state index in [0.29, 0.717) is 5.56 Å². The highest BCUT2D eigenvalue weighted by Crippen LogP contribution is 2.19. The Hall–Kier alpha value is -2.27. The predicted octanol–water partition coefficient (Wildman–Crippen LogP) is 3.81. The quantitative estimate of drug-likeness (QED) is 0.828. The lowest BCUT2D eigenvalue weighted by molar-refractivity contribution is 0.920. The maximum absolute atomic E-state index is 8.92. The Balaban J connectivity index is 2.20. The molecule has 2 aromatic carbocycles. The second kappa shape index (κ2) is 5.58. The van der Waals surface area contributed by atoms with Crippen LogP contribution in [0, 0.1) is 25.2 Å². The van der Waals surface area contributed by atoms with Gasteiger partial charge in [0.1, 0.15) is 0 Å². The van der Waals surface area contributed by atoms with Gasteiger partial charge in [-0.15, -0.1) is 0 Å². The molecule has 0 spiro atoms. The SMILES string of the molecule is Cc1cc(C)cc(N(C)Cc2cccc(C#N)c2)c1. The number of benzene rings is 2. The van der Waals surface area contributed by atoms with Crippen LogP contribution >= 0.6 is 0 Å². The molecule has 2 aromatic rings. The smallest absolute Gasteiger partial charge is 0.0991 e. The van der Waals surface area contributed by atoms with Crippen LogP contribution in [-0.2, 0) is 6.54 Å². The van der Waals surface area contributed by atoms with Gasteiger partial charge < -0.3 is 4.90 Å². The predicted molar refractivity (Wildman–Crippen MR) is 79.2 cm³/mol. The number of anilines is 1. The first kappa shape index (κ1) is 13.2. The van der Waals surface area contributed by atoms with Crippen molar-refractivity contribution < 1.29 is 0 Å². The third-order valence-corrected chi connectivity index (χ3v) is 3.12. The molecule has 0 saturated carbocycles. The second-order valence-corrected chi connectivity index (χ2v) is 5.01. The molecule has 19 heavy (non-hydrogen) atoms. The van der Waals surface area contributed by atoms with Gasteiger partial charge in [-0.1, -0.05) is 18.2 Å². The van der Waals surface area contributed by atoms with Gasteiger partial charge in [0, 0.05) is 19.3 Å². The minimum Gasteiger partial charge on any atom is -0.370 e. The standard InChI is InChI=1S/C17H18N2/c1-13-7-14(2)9-17(8-13)19(3)12-16-6-4-5-15(10-16)11-18/h4-10H,12H2,1-3H3. The molecule has 0 saturated heterocycles. The molecule has 0 atom stereocenters. The number of hydrogen-bond donors (Lipinski definition) is 0. The van der Waals surface area contributed by atoms with Gasteiger partial charge in [0.25, 0.3) is 0 Å². The highest BCUT2D eigenvalue weighted by atomic mass is 15.1. The number of rotatable bonds is 3. The van der Waals surface area contributed by atoms with Gasteiger partial charge in [-0.2, -0.15) is 5.26 Å². The Morgan fingerprint density at radius 2 is 1.74 bits per heavy atom. The molecule has 0 unspecified atom stereocenters. The number of nitriles is 1. The van der Waals surface area contributed by atoms with Gasteiger partial charge in [0.05, 0.1) is 11.6 Å². The molecule has 0 bridgehead atoms. The Labute approximate surface area is 114 Å². The van der Waals surface area contributed by atoms with Crippen molar-refractivity contribution in [1.29, 1.82) is 5.26 Å². The summed E-state index contributed by atoms with van der Waals surface area (Å²) in [5, 5.41) is 8.92. The Morgan fingerprint density at radius 1 is 1.05 bits per heavy atom. The van der Waals surface area contributed by atoms with E-state index in [2.05, 4.69) is 56.1 Å². The van der Waals surface area contributed by atoms with Crippen LogP contribution in [0.15, 0.2) is 42.5 Å². The first-order valence-electron chi connectivity index (χ1n) is 6.37. The van der Waals surface area contributed by atoms with Gasteiger partial charge in [-0.25, -0.2) is 0 Å². The topological polar surface area (TPSA) is 27.0 Å². The Kier molecular flexibility index (Phi) is 3.87. The lowest BCUT2D eigenvalue weighted by atomic mass is 10.1. The van der Waals surface area contributed by atoms with Crippen molar-refractivity contribution in [2.45, 2.75) is 20.4 Å².